The van der Waals surface area contributed by atoms with Crippen LogP contribution in [0.2, 0.25) is 0 Å². The normalized spacial score (nSPS) is 11.7. The van der Waals surface area contributed by atoms with Gasteiger partial charge in [-0.1, -0.05) is 30.3 Å². The van der Waals surface area contributed by atoms with Crippen LogP contribution in [0.1, 0.15) is 24.1 Å². The number of aryl methyl sites for hydroxylation is 1. The average Bonchev–Trinajstić information content (AvgIpc) is 2.71. The van der Waals surface area contributed by atoms with Crippen LogP contribution in [0.25, 0.3) is 11.0 Å². The quantitative estimate of drug-likeness (QED) is 0.488. The number of fused-ring (bicyclic) bond motifs is 1. The lowest BCUT2D eigenvalue weighted by Crippen LogP contribution is -2.31. The fourth-order valence-electron chi connectivity index (χ4n) is 2.83. The molecule has 2 aromatic carbocycles. The highest BCUT2D eigenvalue weighted by atomic mass is 16.6. The first-order chi connectivity index (χ1) is 13.9. The van der Waals surface area contributed by atoms with Gasteiger partial charge in [-0.2, -0.15) is 0 Å². The van der Waals surface area contributed by atoms with Crippen molar-refractivity contribution in [3.63, 3.8) is 0 Å². The molecule has 0 bridgehead atoms. The third-order valence-electron chi connectivity index (χ3n) is 4.32. The summed E-state index contributed by atoms with van der Waals surface area (Å²) in [6, 6.07) is 15.6. The molecule has 0 aliphatic heterocycles. The molecule has 29 heavy (non-hydrogen) atoms. The second-order valence-electron chi connectivity index (χ2n) is 6.56. The molecule has 0 unspecified atom stereocenters. The van der Waals surface area contributed by atoms with E-state index in [9.17, 15) is 14.4 Å². The first kappa shape index (κ1) is 20.1. The molecule has 3 aromatic rings. The summed E-state index contributed by atoms with van der Waals surface area (Å²) in [5, 5.41) is 3.54. The smallest absolute Gasteiger partial charge is 0.344 e. The van der Waals surface area contributed by atoms with Gasteiger partial charge in [0.1, 0.15) is 11.3 Å². The van der Waals surface area contributed by atoms with Gasteiger partial charge >= 0.3 is 11.6 Å². The zero-order valence-corrected chi connectivity index (χ0v) is 16.1. The fraction of sp³-hybridized carbons (Fsp3) is 0.227. The van der Waals surface area contributed by atoms with Gasteiger partial charge in [0.2, 0.25) is 0 Å². The number of carbonyl (C=O) groups excluding carboxylic acids is 2. The van der Waals surface area contributed by atoms with E-state index in [1.807, 2.05) is 37.3 Å². The Labute approximate surface area is 167 Å². The molecule has 0 radical (unpaired) electrons. The third kappa shape index (κ3) is 5.44. The van der Waals surface area contributed by atoms with E-state index in [1.165, 1.54) is 12.1 Å². The minimum Gasteiger partial charge on any atom is -0.482 e. The summed E-state index contributed by atoms with van der Waals surface area (Å²) in [5.41, 5.74) is 1.66. The first-order valence-electron chi connectivity index (χ1n) is 9.09. The maximum absolute atomic E-state index is 11.9. The highest BCUT2D eigenvalue weighted by Crippen LogP contribution is 2.22. The van der Waals surface area contributed by atoms with Crippen molar-refractivity contribution in [2.24, 2.45) is 0 Å². The zero-order chi connectivity index (χ0) is 20.8. The maximum atomic E-state index is 11.9. The lowest BCUT2D eigenvalue weighted by atomic mass is 10.1. The predicted octanol–water partition coefficient (Wildman–Crippen LogP) is 2.90. The Morgan fingerprint density at radius 2 is 1.83 bits per heavy atom. The van der Waals surface area contributed by atoms with Gasteiger partial charge in [-0.25, -0.2) is 9.59 Å². The van der Waals surface area contributed by atoms with Gasteiger partial charge in [0.25, 0.3) is 5.91 Å². The van der Waals surface area contributed by atoms with Crippen LogP contribution in [0.15, 0.2) is 63.8 Å². The molecule has 150 valence electrons. The van der Waals surface area contributed by atoms with E-state index in [4.69, 9.17) is 13.9 Å². The van der Waals surface area contributed by atoms with Gasteiger partial charge in [-0.05, 0) is 37.1 Å². The molecule has 3 rings (SSSR count). The van der Waals surface area contributed by atoms with E-state index in [-0.39, 0.29) is 12.6 Å². The summed E-state index contributed by atoms with van der Waals surface area (Å²) in [6.45, 7) is 2.88. The molecule has 1 heterocycles. The van der Waals surface area contributed by atoms with Crippen LogP contribution < -0.4 is 15.7 Å². The van der Waals surface area contributed by atoms with Gasteiger partial charge in [0, 0.05) is 17.5 Å². The lowest BCUT2D eigenvalue weighted by molar-refractivity contribution is -0.150. The largest absolute Gasteiger partial charge is 0.482 e. The summed E-state index contributed by atoms with van der Waals surface area (Å²) < 4.78 is 15.4. The van der Waals surface area contributed by atoms with Crippen molar-refractivity contribution in [3.8, 4) is 5.75 Å². The van der Waals surface area contributed by atoms with E-state index in [1.54, 1.807) is 19.1 Å². The predicted molar refractivity (Wildman–Crippen MR) is 107 cm³/mol. The molecule has 1 N–H and O–H groups in total. The van der Waals surface area contributed by atoms with E-state index < -0.39 is 24.1 Å². The zero-order valence-electron chi connectivity index (χ0n) is 16.1. The van der Waals surface area contributed by atoms with Gasteiger partial charge in [0.05, 0.1) is 6.04 Å². The van der Waals surface area contributed by atoms with Crippen LogP contribution >= 0.6 is 0 Å². The summed E-state index contributed by atoms with van der Waals surface area (Å²) in [4.78, 5) is 35.3. The number of amides is 1. The van der Waals surface area contributed by atoms with Crippen LogP contribution in [-0.2, 0) is 14.3 Å². The monoisotopic (exact) mass is 395 g/mol. The lowest BCUT2D eigenvalue weighted by Gasteiger charge is -2.14. The summed E-state index contributed by atoms with van der Waals surface area (Å²) in [6.07, 6.45) is 0. The molecule has 1 amide bonds. The SMILES string of the molecule is Cc1cc(=O)oc2cc(OCC(=O)OCC(=O)N[C@H](C)c3ccccc3)ccc12. The van der Waals surface area contributed by atoms with Crippen molar-refractivity contribution in [1.82, 2.24) is 5.32 Å². The minimum atomic E-state index is -0.682. The number of nitrogens with one attached hydrogen (secondary N) is 1. The molecular weight excluding hydrogens is 374 g/mol. The number of esters is 1. The molecule has 0 saturated carbocycles. The van der Waals surface area contributed by atoms with Crippen LogP contribution in [0.3, 0.4) is 0 Å². The van der Waals surface area contributed by atoms with Crippen LogP contribution in [0.5, 0.6) is 5.75 Å². The Kier molecular flexibility index (Phi) is 6.29. The molecular formula is C22H21NO6. The van der Waals surface area contributed by atoms with E-state index >= 15 is 0 Å². The molecule has 0 aliphatic rings. The average molecular weight is 395 g/mol. The van der Waals surface area contributed by atoms with Crippen molar-refractivity contribution in [1.29, 1.82) is 0 Å². The third-order valence-corrected chi connectivity index (χ3v) is 4.32. The summed E-state index contributed by atoms with van der Waals surface area (Å²) >= 11 is 0. The first-order valence-corrected chi connectivity index (χ1v) is 9.09. The van der Waals surface area contributed by atoms with Crippen molar-refractivity contribution >= 4 is 22.8 Å². The number of ether oxygens (including phenoxy) is 2. The fourth-order valence-corrected chi connectivity index (χ4v) is 2.83. The van der Waals surface area contributed by atoms with Crippen molar-refractivity contribution in [3.05, 3.63) is 76.1 Å². The molecule has 0 aliphatic carbocycles. The van der Waals surface area contributed by atoms with Crippen LogP contribution in [0.4, 0.5) is 0 Å². The van der Waals surface area contributed by atoms with Gasteiger partial charge in [-0.3, -0.25) is 4.79 Å². The molecule has 7 nitrogen and oxygen atoms in total. The molecule has 0 spiro atoms. The standard InChI is InChI=1S/C22H21NO6/c1-14-10-21(25)29-19-11-17(8-9-18(14)19)27-13-22(26)28-12-20(24)23-15(2)16-6-4-3-5-7-16/h3-11,15H,12-13H2,1-2H3,(H,23,24)/t15-/m1/s1. The van der Waals surface area contributed by atoms with Gasteiger partial charge < -0.3 is 19.2 Å². The molecule has 7 heteroatoms. The van der Waals surface area contributed by atoms with Crippen LogP contribution in [0, 0.1) is 6.92 Å². The van der Waals surface area contributed by atoms with Crippen LogP contribution in [-0.4, -0.2) is 25.1 Å². The molecule has 0 saturated heterocycles. The molecule has 0 fully saturated rings. The molecule has 1 atom stereocenters. The van der Waals surface area contributed by atoms with E-state index in [0.29, 0.717) is 11.3 Å². The van der Waals surface area contributed by atoms with Gasteiger partial charge in [-0.15, -0.1) is 0 Å². The number of hydrogen-bond donors (Lipinski definition) is 1. The topological polar surface area (TPSA) is 94.8 Å². The maximum Gasteiger partial charge on any atom is 0.344 e. The Morgan fingerprint density at radius 1 is 1.07 bits per heavy atom. The summed E-state index contributed by atoms with van der Waals surface area (Å²) in [7, 11) is 0. The molecule has 1 aromatic heterocycles. The van der Waals surface area contributed by atoms with Crippen molar-refractivity contribution in [2.45, 2.75) is 19.9 Å². The minimum absolute atomic E-state index is 0.200. The second kappa shape index (κ2) is 9.05. The van der Waals surface area contributed by atoms with E-state index in [0.717, 1.165) is 16.5 Å². The highest BCUT2D eigenvalue weighted by Gasteiger charge is 2.12. The number of rotatable bonds is 7. The summed E-state index contributed by atoms with van der Waals surface area (Å²) in [5.74, 6) is -0.735. The number of hydrogen-bond acceptors (Lipinski definition) is 6. The van der Waals surface area contributed by atoms with Gasteiger partial charge in [0.15, 0.2) is 13.2 Å². The Hall–Kier alpha value is -3.61. The number of benzene rings is 2. The Morgan fingerprint density at radius 3 is 2.59 bits per heavy atom. The Balaban J connectivity index is 1.48. The van der Waals surface area contributed by atoms with Crippen molar-refractivity contribution in [2.75, 3.05) is 13.2 Å². The van der Waals surface area contributed by atoms with E-state index in [2.05, 4.69) is 5.32 Å². The number of carbonyl (C=O) groups is 2. The Bertz CT molecular complexity index is 1070. The van der Waals surface area contributed by atoms with Crippen molar-refractivity contribution < 1.29 is 23.5 Å². The second-order valence-corrected chi connectivity index (χ2v) is 6.56. The highest BCUT2D eigenvalue weighted by molar-refractivity contribution is 5.82.